The van der Waals surface area contributed by atoms with Gasteiger partial charge in [0.15, 0.2) is 0 Å². The molecule has 0 aliphatic heterocycles. The molecule has 1 aromatic carbocycles. The minimum absolute atomic E-state index is 0.145. The van der Waals surface area contributed by atoms with Crippen LogP contribution in [0.2, 0.25) is 0 Å². The second kappa shape index (κ2) is 5.87. The van der Waals surface area contributed by atoms with Gasteiger partial charge >= 0.3 is 0 Å². The summed E-state index contributed by atoms with van der Waals surface area (Å²) in [5.41, 5.74) is 6.90. The Kier molecular flexibility index (Phi) is 3.99. The zero-order valence-electron chi connectivity index (χ0n) is 10.8. The maximum atomic E-state index is 11.8. The number of benzene rings is 1. The van der Waals surface area contributed by atoms with Gasteiger partial charge in [0.05, 0.1) is 12.8 Å². The van der Waals surface area contributed by atoms with Gasteiger partial charge in [0.1, 0.15) is 11.4 Å². The molecule has 2 aromatic rings. The number of rotatable bonds is 4. The lowest BCUT2D eigenvalue weighted by Crippen LogP contribution is -2.25. The largest absolute Gasteiger partial charge is 0.495 e. The van der Waals surface area contributed by atoms with Crippen LogP contribution in [0.1, 0.15) is 16.1 Å². The number of methoxy groups -OCH3 is 1. The number of carbonyl (C=O) groups is 1. The Morgan fingerprint density at radius 2 is 2.20 bits per heavy atom. The predicted octanol–water partition coefficient (Wildman–Crippen LogP) is 0.291. The van der Waals surface area contributed by atoms with Crippen LogP contribution in [0.4, 0.5) is 5.69 Å². The Morgan fingerprint density at radius 1 is 1.40 bits per heavy atom. The molecular weight excluding hydrogens is 260 g/mol. The summed E-state index contributed by atoms with van der Waals surface area (Å²) in [7, 11) is 1.54. The molecular formula is C13H14N4O3. The van der Waals surface area contributed by atoms with E-state index >= 15 is 0 Å². The number of hydrogen-bond acceptors (Lipinski definition) is 5. The van der Waals surface area contributed by atoms with Crippen LogP contribution in [0.5, 0.6) is 5.75 Å². The van der Waals surface area contributed by atoms with Gasteiger partial charge in [0, 0.05) is 12.6 Å². The van der Waals surface area contributed by atoms with Gasteiger partial charge in [-0.2, -0.15) is 5.10 Å². The van der Waals surface area contributed by atoms with Crippen LogP contribution < -0.4 is 21.3 Å². The Morgan fingerprint density at radius 3 is 2.80 bits per heavy atom. The van der Waals surface area contributed by atoms with Gasteiger partial charge in [0.25, 0.3) is 11.5 Å². The highest BCUT2D eigenvalue weighted by atomic mass is 16.5. The third kappa shape index (κ3) is 3.14. The fourth-order valence-electron chi connectivity index (χ4n) is 1.64. The van der Waals surface area contributed by atoms with E-state index in [-0.39, 0.29) is 17.2 Å². The topological polar surface area (TPSA) is 110 Å². The van der Waals surface area contributed by atoms with E-state index in [9.17, 15) is 9.59 Å². The standard InChI is InChI=1S/C13H14N4O3/c1-20-11-4-2-8(6-9(11)14)7-15-13(19)10-3-5-12(18)17-16-10/h2-6H,7,14H2,1H3,(H,15,19)(H,17,18). The van der Waals surface area contributed by atoms with E-state index in [1.165, 1.54) is 19.2 Å². The van der Waals surface area contributed by atoms with E-state index in [0.29, 0.717) is 18.0 Å². The molecule has 2 rings (SSSR count). The average Bonchev–Trinajstić information content (AvgIpc) is 2.45. The van der Waals surface area contributed by atoms with Gasteiger partial charge in [-0.05, 0) is 23.8 Å². The smallest absolute Gasteiger partial charge is 0.271 e. The molecule has 1 amide bonds. The first-order valence-electron chi connectivity index (χ1n) is 5.86. The number of nitrogens with two attached hydrogens (primary N) is 1. The lowest BCUT2D eigenvalue weighted by Gasteiger charge is -2.08. The summed E-state index contributed by atoms with van der Waals surface area (Å²) in [5, 5.41) is 8.52. The van der Waals surface area contributed by atoms with Crippen molar-refractivity contribution in [1.82, 2.24) is 15.5 Å². The van der Waals surface area contributed by atoms with Crippen LogP contribution in [0.15, 0.2) is 35.1 Å². The molecule has 1 aromatic heterocycles. The molecule has 20 heavy (non-hydrogen) atoms. The van der Waals surface area contributed by atoms with Gasteiger partial charge in [0.2, 0.25) is 0 Å². The average molecular weight is 274 g/mol. The van der Waals surface area contributed by atoms with E-state index in [4.69, 9.17) is 10.5 Å². The first kappa shape index (κ1) is 13.6. The van der Waals surface area contributed by atoms with Crippen molar-refractivity contribution in [2.24, 2.45) is 0 Å². The number of ether oxygens (including phenoxy) is 1. The van der Waals surface area contributed by atoms with Crippen molar-refractivity contribution >= 4 is 11.6 Å². The van der Waals surface area contributed by atoms with Crippen molar-refractivity contribution < 1.29 is 9.53 Å². The third-order valence-corrected chi connectivity index (χ3v) is 2.66. The van der Waals surface area contributed by atoms with E-state index < -0.39 is 0 Å². The monoisotopic (exact) mass is 274 g/mol. The van der Waals surface area contributed by atoms with Gasteiger partial charge in [-0.15, -0.1) is 0 Å². The minimum Gasteiger partial charge on any atom is -0.495 e. The number of amides is 1. The fourth-order valence-corrected chi connectivity index (χ4v) is 1.64. The number of anilines is 1. The number of carbonyl (C=O) groups excluding carboxylic acids is 1. The van der Waals surface area contributed by atoms with Crippen molar-refractivity contribution in [1.29, 1.82) is 0 Å². The summed E-state index contributed by atoms with van der Waals surface area (Å²) in [6, 6.07) is 7.86. The highest BCUT2D eigenvalue weighted by Gasteiger charge is 2.07. The van der Waals surface area contributed by atoms with Crippen molar-refractivity contribution in [3.63, 3.8) is 0 Å². The number of aromatic nitrogens is 2. The van der Waals surface area contributed by atoms with E-state index in [1.54, 1.807) is 18.2 Å². The zero-order valence-corrected chi connectivity index (χ0v) is 10.8. The van der Waals surface area contributed by atoms with Crippen LogP contribution in [0.3, 0.4) is 0 Å². The van der Waals surface area contributed by atoms with Crippen molar-refractivity contribution in [3.8, 4) is 5.75 Å². The summed E-state index contributed by atoms with van der Waals surface area (Å²) in [6.07, 6.45) is 0. The Hall–Kier alpha value is -2.83. The van der Waals surface area contributed by atoms with Crippen LogP contribution in [0.25, 0.3) is 0 Å². The van der Waals surface area contributed by atoms with Gasteiger partial charge < -0.3 is 15.8 Å². The molecule has 0 aliphatic rings. The summed E-state index contributed by atoms with van der Waals surface area (Å²) < 4.78 is 5.05. The molecule has 0 fully saturated rings. The van der Waals surface area contributed by atoms with Gasteiger partial charge in [-0.25, -0.2) is 5.10 Å². The predicted molar refractivity (Wildman–Crippen MR) is 73.4 cm³/mol. The van der Waals surface area contributed by atoms with Crippen LogP contribution in [0, 0.1) is 0 Å². The van der Waals surface area contributed by atoms with Crippen molar-refractivity contribution in [2.75, 3.05) is 12.8 Å². The molecule has 0 radical (unpaired) electrons. The number of nitrogens with zero attached hydrogens (tertiary/aromatic N) is 1. The molecule has 1 heterocycles. The molecule has 0 saturated carbocycles. The maximum Gasteiger partial charge on any atom is 0.271 e. The minimum atomic E-state index is -0.379. The Balaban J connectivity index is 2.01. The lowest BCUT2D eigenvalue weighted by molar-refractivity contribution is 0.0945. The highest BCUT2D eigenvalue weighted by molar-refractivity contribution is 5.91. The van der Waals surface area contributed by atoms with E-state index in [2.05, 4.69) is 15.5 Å². The van der Waals surface area contributed by atoms with Crippen molar-refractivity contribution in [2.45, 2.75) is 6.54 Å². The molecule has 0 saturated heterocycles. The first-order chi connectivity index (χ1) is 9.60. The van der Waals surface area contributed by atoms with Crippen LogP contribution >= 0.6 is 0 Å². The molecule has 0 bridgehead atoms. The second-order valence-corrected chi connectivity index (χ2v) is 4.07. The molecule has 7 nitrogen and oxygen atoms in total. The fraction of sp³-hybridized carbons (Fsp3) is 0.154. The van der Waals surface area contributed by atoms with Gasteiger partial charge in [-0.1, -0.05) is 6.07 Å². The number of hydrogen-bond donors (Lipinski definition) is 3. The normalized spacial score (nSPS) is 10.1. The molecule has 0 aliphatic carbocycles. The second-order valence-electron chi connectivity index (χ2n) is 4.07. The molecule has 0 unspecified atom stereocenters. The molecule has 7 heteroatoms. The third-order valence-electron chi connectivity index (χ3n) is 2.66. The van der Waals surface area contributed by atoms with Gasteiger partial charge in [-0.3, -0.25) is 9.59 Å². The molecule has 0 spiro atoms. The van der Waals surface area contributed by atoms with Crippen LogP contribution in [-0.4, -0.2) is 23.2 Å². The number of H-pyrrole nitrogens is 1. The van der Waals surface area contributed by atoms with Crippen LogP contribution in [-0.2, 0) is 6.54 Å². The van der Waals surface area contributed by atoms with Crippen molar-refractivity contribution in [3.05, 3.63) is 51.9 Å². The number of aromatic amines is 1. The summed E-state index contributed by atoms with van der Waals surface area (Å²) in [5.74, 6) is 0.206. The lowest BCUT2D eigenvalue weighted by atomic mass is 10.2. The summed E-state index contributed by atoms with van der Waals surface area (Å²) in [6.45, 7) is 0.299. The van der Waals surface area contributed by atoms with E-state index in [1.807, 2.05) is 0 Å². The first-order valence-corrected chi connectivity index (χ1v) is 5.86. The zero-order chi connectivity index (χ0) is 14.5. The molecule has 0 atom stereocenters. The molecule has 4 N–H and O–H groups in total. The Labute approximate surface area is 114 Å². The molecule has 104 valence electrons. The van der Waals surface area contributed by atoms with E-state index in [0.717, 1.165) is 5.56 Å². The number of nitrogens with one attached hydrogen (secondary N) is 2. The Bertz CT molecular complexity index is 661. The number of nitrogen functional groups attached to an aromatic ring is 1. The SMILES string of the molecule is COc1ccc(CNC(=O)c2ccc(=O)[nH]n2)cc1N. The quantitative estimate of drug-likeness (QED) is 0.694. The maximum absolute atomic E-state index is 11.8. The summed E-state index contributed by atoms with van der Waals surface area (Å²) in [4.78, 5) is 22.6. The highest BCUT2D eigenvalue weighted by Crippen LogP contribution is 2.21. The summed E-state index contributed by atoms with van der Waals surface area (Å²) >= 11 is 0.